The molecule has 1 aliphatic heterocycles. The van der Waals surface area contributed by atoms with E-state index in [0.717, 1.165) is 25.3 Å². The van der Waals surface area contributed by atoms with Crippen molar-refractivity contribution in [2.45, 2.75) is 18.9 Å². The molecule has 0 amide bonds. The first-order valence-corrected chi connectivity index (χ1v) is 7.72. The Morgan fingerprint density at radius 1 is 1.43 bits per heavy atom. The van der Waals surface area contributed by atoms with E-state index in [9.17, 15) is 0 Å². The van der Waals surface area contributed by atoms with Gasteiger partial charge in [0.25, 0.3) is 0 Å². The molecule has 0 radical (unpaired) electrons. The second-order valence-electron chi connectivity index (χ2n) is 5.90. The lowest BCUT2D eigenvalue weighted by Crippen LogP contribution is -2.42. The molecule has 4 heteroatoms. The topological polar surface area (TPSA) is 51.6 Å². The molecule has 21 heavy (non-hydrogen) atoms. The minimum Gasteiger partial charge on any atom is -0.464 e. The summed E-state index contributed by atoms with van der Waals surface area (Å²) < 4.78 is 11.0. The van der Waals surface area contributed by atoms with Crippen LogP contribution in [0.5, 0.6) is 0 Å². The highest BCUT2D eigenvalue weighted by molar-refractivity contribution is 5.81. The number of piperidine rings is 1. The molecule has 2 aromatic rings. The molecule has 0 bridgehead atoms. The molecule has 1 aromatic heterocycles. The number of nitrogens with zero attached hydrogens (tertiary/aromatic N) is 1. The van der Waals surface area contributed by atoms with Crippen LogP contribution in [0, 0.1) is 5.92 Å². The fourth-order valence-electron chi connectivity index (χ4n) is 3.48. The van der Waals surface area contributed by atoms with E-state index in [4.69, 9.17) is 14.9 Å². The van der Waals surface area contributed by atoms with Gasteiger partial charge in [-0.05, 0) is 31.4 Å². The zero-order valence-electron chi connectivity index (χ0n) is 12.6. The van der Waals surface area contributed by atoms with Crippen molar-refractivity contribution in [3.63, 3.8) is 0 Å². The molecule has 1 saturated heterocycles. The highest BCUT2D eigenvalue weighted by Crippen LogP contribution is 2.32. The van der Waals surface area contributed by atoms with Gasteiger partial charge in [0.1, 0.15) is 5.58 Å². The van der Waals surface area contributed by atoms with Crippen molar-refractivity contribution in [3.05, 3.63) is 36.1 Å². The van der Waals surface area contributed by atoms with E-state index < -0.39 is 0 Å². The molecule has 1 fully saturated rings. The van der Waals surface area contributed by atoms with E-state index in [1.165, 1.54) is 23.8 Å². The molecule has 0 saturated carbocycles. The Labute approximate surface area is 125 Å². The number of nitrogens with two attached hydrogens (primary N) is 1. The van der Waals surface area contributed by atoms with Crippen molar-refractivity contribution < 1.29 is 9.15 Å². The summed E-state index contributed by atoms with van der Waals surface area (Å²) in [6.07, 6.45) is 4.33. The minimum atomic E-state index is 0.230. The van der Waals surface area contributed by atoms with E-state index in [-0.39, 0.29) is 6.04 Å². The van der Waals surface area contributed by atoms with Gasteiger partial charge in [-0.2, -0.15) is 0 Å². The number of benzene rings is 1. The van der Waals surface area contributed by atoms with Gasteiger partial charge in [-0.15, -0.1) is 0 Å². The molecule has 2 atom stereocenters. The number of fused-ring (bicyclic) bond motifs is 1. The van der Waals surface area contributed by atoms with Crippen molar-refractivity contribution in [3.8, 4) is 0 Å². The summed E-state index contributed by atoms with van der Waals surface area (Å²) in [6, 6.07) is 8.42. The maximum atomic E-state index is 6.09. The summed E-state index contributed by atoms with van der Waals surface area (Å²) >= 11 is 0. The Bertz CT molecular complexity index is 579. The van der Waals surface area contributed by atoms with Crippen molar-refractivity contribution >= 4 is 11.0 Å². The first-order chi connectivity index (χ1) is 10.3. The van der Waals surface area contributed by atoms with E-state index in [0.29, 0.717) is 12.5 Å². The third-order valence-electron chi connectivity index (χ3n) is 4.49. The number of likely N-dealkylation sites (tertiary alicyclic amines) is 1. The van der Waals surface area contributed by atoms with Crippen LogP contribution in [0.15, 0.2) is 34.9 Å². The van der Waals surface area contributed by atoms with Gasteiger partial charge in [0.05, 0.1) is 18.9 Å². The van der Waals surface area contributed by atoms with Crippen LogP contribution < -0.4 is 5.73 Å². The predicted molar refractivity (Wildman–Crippen MR) is 84.2 cm³/mol. The molecular weight excluding hydrogens is 264 g/mol. The fraction of sp³-hybridized carbons (Fsp3) is 0.529. The highest BCUT2D eigenvalue weighted by Gasteiger charge is 2.28. The molecule has 2 heterocycles. The van der Waals surface area contributed by atoms with E-state index >= 15 is 0 Å². The summed E-state index contributed by atoms with van der Waals surface area (Å²) in [5, 5.41) is 1.18. The minimum absolute atomic E-state index is 0.230. The number of para-hydroxylation sites is 1. The van der Waals surface area contributed by atoms with Gasteiger partial charge in [-0.1, -0.05) is 18.2 Å². The summed E-state index contributed by atoms with van der Waals surface area (Å²) in [4.78, 5) is 2.49. The van der Waals surface area contributed by atoms with Gasteiger partial charge in [0.15, 0.2) is 0 Å². The first kappa shape index (κ1) is 14.6. The number of furan rings is 1. The summed E-state index contributed by atoms with van der Waals surface area (Å²) in [5.74, 6) is 0.607. The molecule has 1 aliphatic rings. The average molecular weight is 288 g/mol. The SMILES string of the molecule is COCC1CCCN(C(CN)c2coc3ccccc23)C1. The van der Waals surface area contributed by atoms with Gasteiger partial charge >= 0.3 is 0 Å². The number of ether oxygens (including phenoxy) is 1. The normalized spacial score (nSPS) is 21.7. The van der Waals surface area contributed by atoms with Gasteiger partial charge in [-0.25, -0.2) is 0 Å². The second-order valence-corrected chi connectivity index (χ2v) is 5.90. The van der Waals surface area contributed by atoms with E-state index in [2.05, 4.69) is 17.0 Å². The molecule has 1 aromatic carbocycles. The molecule has 0 spiro atoms. The predicted octanol–water partition coefficient (Wildman–Crippen LogP) is 2.79. The Morgan fingerprint density at radius 2 is 2.29 bits per heavy atom. The molecule has 4 nitrogen and oxygen atoms in total. The number of methoxy groups -OCH3 is 1. The quantitative estimate of drug-likeness (QED) is 0.919. The lowest BCUT2D eigenvalue weighted by Gasteiger charge is -2.37. The third kappa shape index (κ3) is 2.98. The monoisotopic (exact) mass is 288 g/mol. The van der Waals surface area contributed by atoms with Crippen molar-refractivity contribution in [1.29, 1.82) is 0 Å². The zero-order valence-corrected chi connectivity index (χ0v) is 12.6. The Hall–Kier alpha value is -1.36. The standard InChI is InChI=1S/C17H24N2O2/c1-20-11-13-5-4-8-19(10-13)16(9-18)15-12-21-17-7-3-2-6-14(15)17/h2-3,6-7,12-13,16H,4-5,8-11,18H2,1H3. The maximum absolute atomic E-state index is 6.09. The van der Waals surface area contributed by atoms with Crippen LogP contribution in [-0.4, -0.2) is 38.3 Å². The smallest absolute Gasteiger partial charge is 0.134 e. The largest absolute Gasteiger partial charge is 0.464 e. The Kier molecular flexibility index (Phi) is 4.58. The van der Waals surface area contributed by atoms with Crippen molar-refractivity contribution in [2.75, 3.05) is 33.4 Å². The lowest BCUT2D eigenvalue weighted by molar-refractivity contribution is 0.0698. The van der Waals surface area contributed by atoms with Gasteiger partial charge in [0, 0.05) is 31.1 Å². The molecule has 0 aliphatic carbocycles. The second kappa shape index (κ2) is 6.60. The van der Waals surface area contributed by atoms with Crippen molar-refractivity contribution in [2.24, 2.45) is 11.7 Å². The van der Waals surface area contributed by atoms with Crippen molar-refractivity contribution in [1.82, 2.24) is 4.90 Å². The van der Waals surface area contributed by atoms with Crippen LogP contribution in [0.3, 0.4) is 0 Å². The van der Waals surface area contributed by atoms with Crippen LogP contribution in [0.4, 0.5) is 0 Å². The van der Waals surface area contributed by atoms with Gasteiger partial charge in [0.2, 0.25) is 0 Å². The molecule has 114 valence electrons. The molecular formula is C17H24N2O2. The Morgan fingerprint density at radius 3 is 3.10 bits per heavy atom. The fourth-order valence-corrected chi connectivity index (χ4v) is 3.48. The molecule has 2 unspecified atom stereocenters. The van der Waals surface area contributed by atoms with E-state index in [1.807, 2.05) is 18.4 Å². The average Bonchev–Trinajstić information content (AvgIpc) is 2.93. The number of hydrogen-bond acceptors (Lipinski definition) is 4. The Balaban J connectivity index is 1.84. The number of rotatable bonds is 5. The van der Waals surface area contributed by atoms with Crippen LogP contribution in [-0.2, 0) is 4.74 Å². The molecule has 2 N–H and O–H groups in total. The van der Waals surface area contributed by atoms with Gasteiger partial charge in [-0.3, -0.25) is 4.90 Å². The highest BCUT2D eigenvalue weighted by atomic mass is 16.5. The first-order valence-electron chi connectivity index (χ1n) is 7.72. The van der Waals surface area contributed by atoms with Crippen LogP contribution in [0.1, 0.15) is 24.4 Å². The van der Waals surface area contributed by atoms with Crippen LogP contribution >= 0.6 is 0 Å². The molecule has 3 rings (SSSR count). The number of hydrogen-bond donors (Lipinski definition) is 1. The zero-order chi connectivity index (χ0) is 14.7. The van der Waals surface area contributed by atoms with E-state index in [1.54, 1.807) is 7.11 Å². The lowest BCUT2D eigenvalue weighted by atomic mass is 9.95. The summed E-state index contributed by atoms with van der Waals surface area (Å²) in [6.45, 7) is 3.60. The van der Waals surface area contributed by atoms with Crippen LogP contribution in [0.25, 0.3) is 11.0 Å². The van der Waals surface area contributed by atoms with Crippen LogP contribution in [0.2, 0.25) is 0 Å². The summed E-state index contributed by atoms with van der Waals surface area (Å²) in [7, 11) is 1.78. The third-order valence-corrected chi connectivity index (χ3v) is 4.49. The van der Waals surface area contributed by atoms with Gasteiger partial charge < -0.3 is 14.9 Å². The summed E-state index contributed by atoms with van der Waals surface area (Å²) in [5.41, 5.74) is 8.25. The maximum Gasteiger partial charge on any atom is 0.134 e.